The summed E-state index contributed by atoms with van der Waals surface area (Å²) in [4.78, 5) is 87.3. The number of Topliss-reactive ketones (excluding diaryl/α,β-unsaturated/α-hetero) is 6. The number of ketones is 6. The molecule has 0 amide bonds. The van der Waals surface area contributed by atoms with Gasteiger partial charge in [0.2, 0.25) is 0 Å². The fraction of sp³-hybridized carbons (Fsp3) is 0.641. The van der Waals surface area contributed by atoms with Crippen molar-refractivity contribution in [3.05, 3.63) is 139 Å². The lowest BCUT2D eigenvalue weighted by Crippen LogP contribution is -2.46. The molecule has 141 heavy (non-hydrogen) atoms. The molecule has 6 saturated heterocycles. The molecule has 6 aromatic rings. The van der Waals surface area contributed by atoms with Crippen molar-refractivity contribution in [1.82, 2.24) is 29.4 Å². The Morgan fingerprint density at radius 1 is 0.305 bits per heavy atom. The molecule has 15 unspecified atom stereocenters. The maximum atomic E-state index is 14.0. The number of fused-ring (bicyclic) bond motifs is 18. The minimum atomic E-state index is -4.29. The molecule has 6 fully saturated rings. The third kappa shape index (κ3) is 25.6. The van der Waals surface area contributed by atoms with E-state index >= 15 is 0 Å². The molecule has 24 heteroatoms. The van der Waals surface area contributed by atoms with Crippen molar-refractivity contribution in [3.63, 3.8) is 0 Å². The fourth-order valence-electron chi connectivity index (χ4n) is 17.6. The molecule has 6 aromatic carbocycles. The number of nitrogens with zero attached hydrogens (tertiary/aromatic N) is 6. The number of benzene rings is 6. The maximum absolute atomic E-state index is 14.0. The SMILES string of the molecule is [2H]c1c2c(c([2H])c(OC([2H])([2H])[2H])c1OC([2H])([2H])[2H])C1CC(=O)C(C([2H])([2H])C([2H])(C([2H])([2H])[2H])C([2H])([2H])C)C([2H])([2H])N1CC2.[2H]c1c2c(c([2H])c(OC([2H])([2H])[2H])c1OC([2H])([2H])[2H])C1CC(=O)C(CC(C)C)C([2H])([2H])N1CC2.[2H]c1c2c(c([2H])c(OC([2H])([2H])[2H])c1OC([2H])([2H])[2H])C1N(CC2)C([2H])([2H])C([2H])(C([2H])([2H])C([2H])(C([2H])([2H])[2H])C([2H])([2H])C)C(=O)C1([2H])[2H].[2H]c1c2c(c([2H])c(OC([2H])([2H])[2H])c1OC([2H])([2H])[2H])C1N(CC2)C([2H])([2H])C([2H])(CC(C)C)C(=O)C1([2H])[2H].[2H]c1c2c(c([2H])c(OC([2H])([2H])[2H])c1OC([2H])([2H])[2H])C1N(CC2)CC([2H])(C([2H])([2H])C([2H])(C([2H])([2H])[2H])C([2H])([2H])C)C(=O)C1([2H])[2H].[2H]c1c2c(c([2H])c(OC([2H])([2H])[2H])c1OC([2H])([2H])[2H])C1N(CC2)CC([2H])(CC(C)C)C(=O)C1([2H])[2H]. The van der Waals surface area contributed by atoms with E-state index in [9.17, 15) is 28.8 Å². The van der Waals surface area contributed by atoms with Crippen LogP contribution in [0.15, 0.2) is 72.5 Å². The molecule has 12 aliphatic heterocycles. The molecule has 24 nitrogen and oxygen atoms in total. The zero-order chi connectivity index (χ0) is 181. The Labute approximate surface area is 971 Å². The van der Waals surface area contributed by atoms with Gasteiger partial charge in [0.15, 0.2) is 69.0 Å². The molecule has 0 spiro atoms. The predicted molar refractivity (Wildman–Crippen MR) is 555 cm³/mol. The van der Waals surface area contributed by atoms with Crippen LogP contribution in [0.1, 0.15) is 408 Å². The second kappa shape index (κ2) is 50.0. The number of hydrogen-bond acceptors (Lipinski definition) is 24. The van der Waals surface area contributed by atoms with E-state index in [4.69, 9.17) is 183 Å². The summed E-state index contributed by atoms with van der Waals surface area (Å²) in [6.07, 6.45) is -35.8. The molecule has 0 bridgehead atoms. The van der Waals surface area contributed by atoms with Gasteiger partial charge in [0.1, 0.15) is 34.7 Å². The highest BCUT2D eigenvalue weighted by atomic mass is 16.5. The van der Waals surface area contributed by atoms with Crippen molar-refractivity contribution in [2.24, 2.45) is 70.8 Å². The summed E-state index contributed by atoms with van der Waals surface area (Å²) in [5.41, 5.74) is -2.34. The molecule has 0 radical (unpaired) electrons. The second-order valence-electron chi connectivity index (χ2n) is 34.6. The summed E-state index contributed by atoms with van der Waals surface area (Å²) in [5.74, 6) is -45.6. The Morgan fingerprint density at radius 2 is 0.546 bits per heavy atom. The highest BCUT2D eigenvalue weighted by Gasteiger charge is 2.47. The minimum Gasteiger partial charge on any atom is -0.493 e. The number of carbonyl (C=O) groups excluding carboxylic acids is 6. The van der Waals surface area contributed by atoms with Gasteiger partial charge in [-0.05, 0) is 252 Å². The molecule has 774 valence electrons. The number of rotatable bonds is 27. The van der Waals surface area contributed by atoms with Crippen molar-refractivity contribution in [2.75, 3.05) is 163 Å². The molecule has 12 heterocycles. The van der Waals surface area contributed by atoms with Crippen LogP contribution in [-0.2, 0) is 67.3 Å². The molecular weight excluding hydrogens is 1780 g/mol. The molecule has 15 atom stereocenters. The Bertz CT molecular complexity index is 9640. The van der Waals surface area contributed by atoms with Crippen LogP contribution < -0.4 is 56.8 Å². The second-order valence-corrected chi connectivity index (χ2v) is 34.6. The summed E-state index contributed by atoms with van der Waals surface area (Å²) in [6.45, 7) is -12.9. The Hall–Kier alpha value is -9.30. The highest BCUT2D eigenvalue weighted by molar-refractivity contribution is 5.86. The summed E-state index contributed by atoms with van der Waals surface area (Å²) in [5, 5.41) is 0. The van der Waals surface area contributed by atoms with Crippen molar-refractivity contribution >= 4 is 34.7 Å². The predicted octanol–water partition coefficient (Wildman–Crippen LogP) is 20.6. The first kappa shape index (κ1) is 40.5. The fourth-order valence-corrected chi connectivity index (χ4v) is 17.6. The molecule has 0 aliphatic carbocycles. The molecule has 18 rings (SSSR count). The van der Waals surface area contributed by atoms with Crippen LogP contribution in [0.4, 0.5) is 0 Å². The van der Waals surface area contributed by atoms with Gasteiger partial charge in [0.05, 0.1) is 150 Å². The van der Waals surface area contributed by atoms with E-state index in [1.54, 1.807) is 18.7 Å². The van der Waals surface area contributed by atoms with Crippen molar-refractivity contribution in [3.8, 4) is 69.0 Å². The quantitative estimate of drug-likeness (QED) is 0.0466. The zero-order valence-corrected chi connectivity index (χ0v) is 77.8. The molecular formula is C117H168N6O18. The third-order valence-electron chi connectivity index (χ3n) is 24.2. The number of ether oxygens (including phenoxy) is 12. The summed E-state index contributed by atoms with van der Waals surface area (Å²) < 4.78 is 798. The van der Waals surface area contributed by atoms with Gasteiger partial charge in [-0.3, -0.25) is 58.2 Å². The van der Waals surface area contributed by atoms with Crippen LogP contribution in [0.3, 0.4) is 0 Å². The average molecular weight is 2040 g/mol. The van der Waals surface area contributed by atoms with E-state index in [0.29, 0.717) is 32.1 Å². The zero-order valence-electron chi connectivity index (χ0n) is 170. The smallest absolute Gasteiger partial charge is 0.161 e. The standard InChI is InChI=1S/3C20H29NO3.3C19H27NO3/c3*1-5-13(2)8-15-12-21-7-6-14-9-19(23-3)20(24-4)10-16(14)17(21)11-18(15)22;3*1-12(2)7-14-11-20-6-5-13-8-18(22-3)19(23-4)9-15(13)16(20)10-17(14)21/h3*9-10,13,15,17H,5-8,11-12H2,1-4H3;3*8-9,12,14,16H,5-7,10-11H2,1-4H3/i2D3,3D3,4D3,5D2,8D2,9D,10D,11D2,12D2,13D,15D;2D3,3D3,4D3,5D2,8D2,9D,10D,11D2,13D,15D;2D3,3D3,4D3,5D2,8D2,9D,10D,12D2,13D;3D3,4D3,8D,9D,10D2,11D2,14D;3D3,4D3,8D,9D,10D2,14D;3D3,4D3,8D,9D,11D2. The summed E-state index contributed by atoms with van der Waals surface area (Å²) >= 11 is 0. The maximum Gasteiger partial charge on any atom is 0.161 e. The number of piperidine rings is 6. The first-order valence-electron chi connectivity index (χ1n) is 90.3. The Kier molecular flexibility index (Phi) is 14.4. The van der Waals surface area contributed by atoms with Gasteiger partial charge in [-0.25, -0.2) is 0 Å². The van der Waals surface area contributed by atoms with E-state index in [1.165, 1.54) is 4.90 Å². The summed E-state index contributed by atoms with van der Waals surface area (Å²) in [7, 11) is -38.3. The van der Waals surface area contributed by atoms with Gasteiger partial charge in [-0.1, -0.05) is 102 Å². The lowest BCUT2D eigenvalue weighted by atomic mass is 9.79. The topological polar surface area (TPSA) is 233 Å². The van der Waals surface area contributed by atoms with Crippen molar-refractivity contribution < 1.29 is 212 Å². The number of methoxy groups -OCH3 is 12. The van der Waals surface area contributed by atoms with Crippen LogP contribution in [0.2, 0.25) is 0 Å². The van der Waals surface area contributed by atoms with Crippen LogP contribution >= 0.6 is 0 Å². The van der Waals surface area contributed by atoms with E-state index in [-0.39, 0.29) is 170 Å². The van der Waals surface area contributed by atoms with Crippen LogP contribution in [-0.4, -0.2) is 227 Å². The van der Waals surface area contributed by atoms with E-state index in [2.05, 4.69) is 0 Å². The van der Waals surface area contributed by atoms with E-state index in [1.807, 2.05) is 27.7 Å². The lowest BCUT2D eigenvalue weighted by molar-refractivity contribution is -0.130. The minimum absolute atomic E-state index is 0.0451. The van der Waals surface area contributed by atoms with Crippen LogP contribution in [0.5, 0.6) is 69.0 Å². The highest BCUT2D eigenvalue weighted by Crippen LogP contribution is 2.51. The van der Waals surface area contributed by atoms with Gasteiger partial charge in [0, 0.05) is 249 Å². The lowest BCUT2D eigenvalue weighted by Gasteiger charge is -2.43. The van der Waals surface area contributed by atoms with E-state index in [0.717, 1.165) is 14.7 Å². The molecule has 0 N–H and O–H groups in total. The van der Waals surface area contributed by atoms with Gasteiger partial charge < -0.3 is 56.8 Å². The Morgan fingerprint density at radius 3 is 0.865 bits per heavy atom. The molecule has 0 saturated carbocycles. The van der Waals surface area contributed by atoms with Crippen molar-refractivity contribution in [1.29, 1.82) is 0 Å². The van der Waals surface area contributed by atoms with Gasteiger partial charge in [-0.15, -0.1) is 0 Å². The molecule has 12 aliphatic rings. The first-order valence-corrected chi connectivity index (χ1v) is 44.3. The van der Waals surface area contributed by atoms with Crippen molar-refractivity contribution in [2.45, 2.75) is 253 Å². The number of carbonyl (C=O) groups is 6. The first-order chi connectivity index (χ1) is 103. The average Bonchev–Trinajstić information content (AvgIpc) is 0.653. The summed E-state index contributed by atoms with van der Waals surface area (Å²) in [6, 6.07) is -18.6. The van der Waals surface area contributed by atoms with Gasteiger partial charge in [-0.2, -0.15) is 0 Å². The Balaban J connectivity index is 0.000000222. The molecule has 0 aromatic heterocycles. The third-order valence-corrected chi connectivity index (χ3v) is 24.2. The number of hydrogen-bond donors (Lipinski definition) is 0. The van der Waals surface area contributed by atoms with E-state index < -0.39 is 492 Å². The van der Waals surface area contributed by atoms with Gasteiger partial charge in [0.25, 0.3) is 0 Å². The normalized spacial score (nSPS) is 41.8. The van der Waals surface area contributed by atoms with Crippen LogP contribution in [0.25, 0.3) is 0 Å². The monoisotopic (exact) mass is 2040 g/mol. The van der Waals surface area contributed by atoms with Gasteiger partial charge >= 0.3 is 0 Å². The largest absolute Gasteiger partial charge is 0.493 e. The van der Waals surface area contributed by atoms with Crippen LogP contribution in [0, 0.1) is 70.8 Å².